The molecule has 0 spiro atoms. The maximum Gasteiger partial charge on any atom is 0.229 e. The second kappa shape index (κ2) is 3.59. The van der Waals surface area contributed by atoms with Crippen LogP contribution in [0, 0.1) is 6.92 Å². The van der Waals surface area contributed by atoms with Gasteiger partial charge < -0.3 is 0 Å². The summed E-state index contributed by atoms with van der Waals surface area (Å²) >= 11 is 11.7. The van der Waals surface area contributed by atoms with E-state index >= 15 is 0 Å². The molecule has 1 aromatic carbocycles. The van der Waals surface area contributed by atoms with Gasteiger partial charge in [0.1, 0.15) is 6.33 Å². The number of rotatable bonds is 1. The number of benzene rings is 1. The van der Waals surface area contributed by atoms with Crippen LogP contribution in [0.2, 0.25) is 10.3 Å². The van der Waals surface area contributed by atoms with Crippen LogP contribution in [0.4, 0.5) is 0 Å². The number of aromatic nitrogens is 3. The lowest BCUT2D eigenvalue weighted by Gasteiger charge is -2.06. The smallest absolute Gasteiger partial charge is 0.229 e. The van der Waals surface area contributed by atoms with E-state index in [1.165, 1.54) is 0 Å². The Morgan fingerprint density at radius 2 is 2.07 bits per heavy atom. The van der Waals surface area contributed by atoms with E-state index in [4.69, 9.17) is 23.2 Å². The number of hydrogen-bond donors (Lipinski definition) is 0. The van der Waals surface area contributed by atoms with E-state index in [0.717, 1.165) is 11.3 Å². The Hall–Kier alpha value is -1.06. The van der Waals surface area contributed by atoms with Gasteiger partial charge in [0.15, 0.2) is 0 Å². The zero-order chi connectivity index (χ0) is 10.1. The van der Waals surface area contributed by atoms with Crippen molar-refractivity contribution in [2.45, 2.75) is 6.92 Å². The Morgan fingerprint density at radius 3 is 2.71 bits per heavy atom. The van der Waals surface area contributed by atoms with E-state index in [1.807, 2.05) is 25.1 Å². The molecule has 0 bridgehead atoms. The van der Waals surface area contributed by atoms with Crippen LogP contribution in [-0.2, 0) is 0 Å². The molecule has 0 fully saturated rings. The highest BCUT2D eigenvalue weighted by atomic mass is 35.5. The van der Waals surface area contributed by atoms with Gasteiger partial charge in [-0.3, -0.25) is 4.57 Å². The first-order valence-corrected chi connectivity index (χ1v) is 4.76. The summed E-state index contributed by atoms with van der Waals surface area (Å²) in [6, 6.07) is 5.58. The van der Waals surface area contributed by atoms with Crippen molar-refractivity contribution in [3.63, 3.8) is 0 Å². The zero-order valence-electron chi connectivity index (χ0n) is 7.41. The first-order valence-electron chi connectivity index (χ1n) is 4.00. The molecular formula is C9H7Cl2N3. The third-order valence-corrected chi connectivity index (χ3v) is 2.43. The molecule has 0 atom stereocenters. The van der Waals surface area contributed by atoms with Gasteiger partial charge in [-0.1, -0.05) is 17.7 Å². The predicted octanol–water partition coefficient (Wildman–Crippen LogP) is 2.88. The fourth-order valence-electron chi connectivity index (χ4n) is 1.22. The fraction of sp³-hybridized carbons (Fsp3) is 0.111. The summed E-state index contributed by atoms with van der Waals surface area (Å²) in [6.07, 6.45) is 1.56. The van der Waals surface area contributed by atoms with E-state index in [9.17, 15) is 0 Å². The monoisotopic (exact) mass is 227 g/mol. The van der Waals surface area contributed by atoms with E-state index < -0.39 is 0 Å². The van der Waals surface area contributed by atoms with Gasteiger partial charge in [0.05, 0.1) is 5.69 Å². The highest BCUT2D eigenvalue weighted by Gasteiger charge is 2.06. The van der Waals surface area contributed by atoms with Gasteiger partial charge in [-0.15, -0.1) is 10.2 Å². The van der Waals surface area contributed by atoms with Crippen molar-refractivity contribution in [3.05, 3.63) is 40.4 Å². The van der Waals surface area contributed by atoms with Crippen LogP contribution in [0.3, 0.4) is 0 Å². The molecule has 0 radical (unpaired) electrons. The largest absolute Gasteiger partial charge is 0.272 e. The molecule has 1 heterocycles. The number of hydrogen-bond acceptors (Lipinski definition) is 2. The molecular weight excluding hydrogens is 221 g/mol. The summed E-state index contributed by atoms with van der Waals surface area (Å²) in [5, 5.41) is 8.40. The molecule has 5 heteroatoms. The molecule has 0 aliphatic rings. The molecule has 0 unspecified atom stereocenters. The average Bonchev–Trinajstić information content (AvgIpc) is 2.56. The molecule has 0 saturated carbocycles. The number of nitrogens with zero attached hydrogens (tertiary/aromatic N) is 3. The van der Waals surface area contributed by atoms with Crippen molar-refractivity contribution in [1.29, 1.82) is 0 Å². The Morgan fingerprint density at radius 1 is 1.29 bits per heavy atom. The zero-order valence-corrected chi connectivity index (χ0v) is 8.92. The first-order chi connectivity index (χ1) is 6.68. The number of aryl methyl sites for hydroxylation is 1. The summed E-state index contributed by atoms with van der Waals surface area (Å²) < 4.78 is 1.68. The molecule has 72 valence electrons. The normalized spacial score (nSPS) is 10.5. The van der Waals surface area contributed by atoms with Gasteiger partial charge >= 0.3 is 0 Å². The number of halogens is 2. The lowest BCUT2D eigenvalue weighted by Crippen LogP contribution is -1.95. The van der Waals surface area contributed by atoms with Gasteiger partial charge in [0, 0.05) is 5.02 Å². The molecule has 0 aliphatic heterocycles. The molecule has 0 aliphatic carbocycles. The standard InChI is InChI=1S/C9H7Cl2N3/c1-6-2-3-7(10)4-8(6)14-5-12-13-9(14)11/h2-5H,1H3. The SMILES string of the molecule is Cc1ccc(Cl)cc1-n1cnnc1Cl. The van der Waals surface area contributed by atoms with Gasteiger partial charge in [0.25, 0.3) is 0 Å². The summed E-state index contributed by atoms with van der Waals surface area (Å²) in [5.74, 6) is 0. The maximum absolute atomic E-state index is 5.89. The van der Waals surface area contributed by atoms with Crippen LogP contribution in [0.1, 0.15) is 5.56 Å². The van der Waals surface area contributed by atoms with E-state index in [1.54, 1.807) is 10.9 Å². The molecule has 0 amide bonds. The minimum atomic E-state index is 0.329. The average molecular weight is 228 g/mol. The molecule has 0 N–H and O–H groups in total. The van der Waals surface area contributed by atoms with Crippen LogP contribution >= 0.6 is 23.2 Å². The van der Waals surface area contributed by atoms with Gasteiger partial charge in [-0.25, -0.2) is 0 Å². The molecule has 2 rings (SSSR count). The fourth-order valence-corrected chi connectivity index (χ4v) is 1.57. The topological polar surface area (TPSA) is 30.7 Å². The van der Waals surface area contributed by atoms with Crippen molar-refractivity contribution in [3.8, 4) is 5.69 Å². The third kappa shape index (κ3) is 1.61. The van der Waals surface area contributed by atoms with E-state index in [-0.39, 0.29) is 0 Å². The first kappa shape index (κ1) is 9.49. The summed E-state index contributed by atoms with van der Waals surface area (Å²) in [7, 11) is 0. The minimum Gasteiger partial charge on any atom is -0.272 e. The van der Waals surface area contributed by atoms with Crippen molar-refractivity contribution in [2.24, 2.45) is 0 Å². The lowest BCUT2D eigenvalue weighted by molar-refractivity contribution is 1.04. The Bertz CT molecular complexity index is 465. The van der Waals surface area contributed by atoms with Gasteiger partial charge in [-0.2, -0.15) is 0 Å². The van der Waals surface area contributed by atoms with Crippen LogP contribution in [0.25, 0.3) is 5.69 Å². The molecule has 3 nitrogen and oxygen atoms in total. The second-order valence-electron chi connectivity index (χ2n) is 2.90. The van der Waals surface area contributed by atoms with Crippen molar-refractivity contribution in [1.82, 2.24) is 14.8 Å². The summed E-state index contributed by atoms with van der Waals surface area (Å²) in [4.78, 5) is 0. The second-order valence-corrected chi connectivity index (χ2v) is 3.68. The van der Waals surface area contributed by atoms with Crippen LogP contribution < -0.4 is 0 Å². The molecule has 2 aromatic rings. The Balaban J connectivity index is 2.62. The molecule has 0 saturated heterocycles. The van der Waals surface area contributed by atoms with Crippen LogP contribution in [0.5, 0.6) is 0 Å². The Labute approximate surface area is 91.3 Å². The summed E-state index contributed by atoms with van der Waals surface area (Å²) in [6.45, 7) is 1.97. The van der Waals surface area contributed by atoms with Gasteiger partial charge in [-0.05, 0) is 36.2 Å². The van der Waals surface area contributed by atoms with Crippen molar-refractivity contribution >= 4 is 23.2 Å². The minimum absolute atomic E-state index is 0.329. The molecule has 14 heavy (non-hydrogen) atoms. The van der Waals surface area contributed by atoms with E-state index in [2.05, 4.69) is 10.2 Å². The third-order valence-electron chi connectivity index (χ3n) is 1.94. The molecule has 1 aromatic heterocycles. The lowest BCUT2D eigenvalue weighted by atomic mass is 10.2. The Kier molecular flexibility index (Phi) is 2.44. The highest BCUT2D eigenvalue weighted by Crippen LogP contribution is 2.21. The van der Waals surface area contributed by atoms with Crippen LogP contribution in [0.15, 0.2) is 24.5 Å². The van der Waals surface area contributed by atoms with Crippen LogP contribution in [-0.4, -0.2) is 14.8 Å². The van der Waals surface area contributed by atoms with Gasteiger partial charge in [0.2, 0.25) is 5.28 Å². The summed E-state index contributed by atoms with van der Waals surface area (Å²) in [5.41, 5.74) is 1.96. The quantitative estimate of drug-likeness (QED) is 0.751. The van der Waals surface area contributed by atoms with E-state index in [0.29, 0.717) is 10.3 Å². The van der Waals surface area contributed by atoms with Crippen molar-refractivity contribution < 1.29 is 0 Å². The maximum atomic E-state index is 5.89. The van der Waals surface area contributed by atoms with Crippen molar-refractivity contribution in [2.75, 3.05) is 0 Å². The predicted molar refractivity (Wildman–Crippen MR) is 56.1 cm³/mol. The highest BCUT2D eigenvalue weighted by molar-refractivity contribution is 6.31.